The number of allylic oxidation sites excluding steroid dienone is 2. The van der Waals surface area contributed by atoms with Gasteiger partial charge in [-0.1, -0.05) is 129 Å². The van der Waals surface area contributed by atoms with Crippen LogP contribution in [0.5, 0.6) is 0 Å². The fourth-order valence-electron chi connectivity index (χ4n) is 3.31. The van der Waals surface area contributed by atoms with Gasteiger partial charge in [-0.2, -0.15) is 0 Å². The molecule has 0 saturated carbocycles. The van der Waals surface area contributed by atoms with Crippen LogP contribution < -0.4 is 0 Å². The van der Waals surface area contributed by atoms with Crippen LogP contribution in [0.1, 0.15) is 135 Å². The SMILES string of the molecule is [CH2]CCCCCCCCCCCCC/C=C\CCCCCCCC. The average Bonchev–Trinajstić information content (AvgIpc) is 2.60. The molecule has 0 nitrogen and oxygen atoms in total. The molecule has 0 aliphatic carbocycles. The lowest BCUT2D eigenvalue weighted by Gasteiger charge is -2.02. The minimum Gasteiger partial charge on any atom is -0.0885 e. The second kappa shape index (κ2) is 22.7. The van der Waals surface area contributed by atoms with Gasteiger partial charge in [0.2, 0.25) is 0 Å². The fraction of sp³-hybridized carbons (Fsp3) is 0.875. The molecule has 0 heterocycles. The zero-order valence-electron chi connectivity index (χ0n) is 17.0. The first-order chi connectivity index (χ1) is 11.9. The first-order valence-corrected chi connectivity index (χ1v) is 11.4. The van der Waals surface area contributed by atoms with Crippen LogP contribution in [0.25, 0.3) is 0 Å². The summed E-state index contributed by atoms with van der Waals surface area (Å²) in [6.45, 7) is 6.19. The number of hydrogen-bond donors (Lipinski definition) is 0. The Kier molecular flexibility index (Phi) is 22.5. The molecule has 0 N–H and O–H groups in total. The molecule has 0 aromatic carbocycles. The van der Waals surface area contributed by atoms with E-state index in [1.165, 1.54) is 122 Å². The van der Waals surface area contributed by atoms with Crippen LogP contribution >= 0.6 is 0 Å². The maximum Gasteiger partial charge on any atom is -0.0351 e. The third-order valence-corrected chi connectivity index (χ3v) is 5.01. The highest BCUT2D eigenvalue weighted by Gasteiger charge is 1.93. The molecular formula is C24H47. The molecule has 0 atom stereocenters. The Bertz CT molecular complexity index is 228. The molecule has 1 radical (unpaired) electrons. The van der Waals surface area contributed by atoms with Crippen molar-refractivity contribution in [2.24, 2.45) is 0 Å². The van der Waals surface area contributed by atoms with E-state index in [4.69, 9.17) is 0 Å². The van der Waals surface area contributed by atoms with Gasteiger partial charge in [-0.05, 0) is 25.7 Å². The summed E-state index contributed by atoms with van der Waals surface area (Å²) >= 11 is 0. The first kappa shape index (κ1) is 23.7. The van der Waals surface area contributed by atoms with Crippen molar-refractivity contribution in [3.8, 4) is 0 Å². The van der Waals surface area contributed by atoms with Crippen molar-refractivity contribution in [3.05, 3.63) is 19.1 Å². The van der Waals surface area contributed by atoms with Crippen molar-refractivity contribution in [3.63, 3.8) is 0 Å². The highest BCUT2D eigenvalue weighted by Crippen LogP contribution is 2.13. The van der Waals surface area contributed by atoms with Gasteiger partial charge < -0.3 is 0 Å². The molecular weight excluding hydrogens is 288 g/mol. The molecule has 0 amide bonds. The van der Waals surface area contributed by atoms with Crippen LogP contribution in [-0.4, -0.2) is 0 Å². The Morgan fingerprint density at radius 3 is 1.17 bits per heavy atom. The summed E-state index contributed by atoms with van der Waals surface area (Å²) in [5, 5.41) is 0. The molecule has 24 heavy (non-hydrogen) atoms. The van der Waals surface area contributed by atoms with Gasteiger partial charge >= 0.3 is 0 Å². The summed E-state index contributed by atoms with van der Waals surface area (Å²) < 4.78 is 0. The van der Waals surface area contributed by atoms with Crippen molar-refractivity contribution in [2.45, 2.75) is 135 Å². The molecule has 143 valence electrons. The van der Waals surface area contributed by atoms with E-state index < -0.39 is 0 Å². The van der Waals surface area contributed by atoms with E-state index in [0.717, 1.165) is 6.42 Å². The number of hydrogen-bond acceptors (Lipinski definition) is 0. The molecule has 0 rings (SSSR count). The standard InChI is InChI=1S/C24H47/c1-3-5-7-9-11-13-15-17-19-21-23-24-22-20-18-16-14-12-10-8-6-4-2/h18,20H,1,3-17,19,21-24H2,2H3/b20-18-. The number of rotatable bonds is 20. The molecule has 0 unspecified atom stereocenters. The zero-order chi connectivity index (χ0) is 17.6. The van der Waals surface area contributed by atoms with Crippen LogP contribution in [0, 0.1) is 6.92 Å². The van der Waals surface area contributed by atoms with Gasteiger partial charge in [0.15, 0.2) is 0 Å². The lowest BCUT2D eigenvalue weighted by molar-refractivity contribution is 0.547. The van der Waals surface area contributed by atoms with E-state index in [-0.39, 0.29) is 0 Å². The molecule has 0 aliphatic rings. The van der Waals surface area contributed by atoms with Crippen LogP contribution in [-0.2, 0) is 0 Å². The van der Waals surface area contributed by atoms with E-state index in [1.54, 1.807) is 0 Å². The smallest absolute Gasteiger partial charge is 0.0351 e. The van der Waals surface area contributed by atoms with Gasteiger partial charge in [0, 0.05) is 0 Å². The van der Waals surface area contributed by atoms with Crippen molar-refractivity contribution in [2.75, 3.05) is 0 Å². The summed E-state index contributed by atoms with van der Waals surface area (Å²) in [4.78, 5) is 0. The third kappa shape index (κ3) is 21.7. The Balaban J connectivity index is 3.03. The molecule has 0 heteroatoms. The van der Waals surface area contributed by atoms with Crippen LogP contribution in [0.4, 0.5) is 0 Å². The summed E-state index contributed by atoms with van der Waals surface area (Å²) in [7, 11) is 0. The number of unbranched alkanes of at least 4 members (excludes halogenated alkanes) is 18. The summed E-state index contributed by atoms with van der Waals surface area (Å²) in [5.41, 5.74) is 0. The first-order valence-electron chi connectivity index (χ1n) is 11.4. The van der Waals surface area contributed by atoms with Crippen molar-refractivity contribution >= 4 is 0 Å². The molecule has 0 spiro atoms. The van der Waals surface area contributed by atoms with E-state index in [0.29, 0.717) is 0 Å². The summed E-state index contributed by atoms with van der Waals surface area (Å²) in [6.07, 6.45) is 32.8. The lowest BCUT2D eigenvalue weighted by Crippen LogP contribution is -1.82. The van der Waals surface area contributed by atoms with Gasteiger partial charge in [0.1, 0.15) is 0 Å². The predicted octanol–water partition coefficient (Wildman–Crippen LogP) is 9.20. The topological polar surface area (TPSA) is 0 Å². The maximum absolute atomic E-state index is 3.90. The molecule has 0 aromatic heterocycles. The van der Waals surface area contributed by atoms with Gasteiger partial charge in [-0.15, -0.1) is 0 Å². The highest BCUT2D eigenvalue weighted by atomic mass is 14.0. The quantitative estimate of drug-likeness (QED) is 0.154. The van der Waals surface area contributed by atoms with Gasteiger partial charge in [-0.25, -0.2) is 0 Å². The minimum atomic E-state index is 1.12. The summed E-state index contributed by atoms with van der Waals surface area (Å²) in [5.74, 6) is 0. The van der Waals surface area contributed by atoms with Crippen molar-refractivity contribution in [1.29, 1.82) is 0 Å². The molecule has 0 aromatic rings. The Hall–Kier alpha value is -0.260. The van der Waals surface area contributed by atoms with Crippen LogP contribution in [0.3, 0.4) is 0 Å². The van der Waals surface area contributed by atoms with Gasteiger partial charge in [0.05, 0.1) is 0 Å². The van der Waals surface area contributed by atoms with Gasteiger partial charge in [0.25, 0.3) is 0 Å². The highest BCUT2D eigenvalue weighted by molar-refractivity contribution is 4.81. The Morgan fingerprint density at radius 2 is 0.792 bits per heavy atom. The lowest BCUT2D eigenvalue weighted by atomic mass is 10.0. The minimum absolute atomic E-state index is 1.12. The zero-order valence-corrected chi connectivity index (χ0v) is 17.0. The van der Waals surface area contributed by atoms with E-state index in [9.17, 15) is 0 Å². The second-order valence-corrected chi connectivity index (χ2v) is 7.56. The van der Waals surface area contributed by atoms with Crippen LogP contribution in [0.15, 0.2) is 12.2 Å². The Morgan fingerprint density at radius 1 is 0.458 bits per heavy atom. The average molecular weight is 336 g/mol. The van der Waals surface area contributed by atoms with E-state index in [1.807, 2.05) is 0 Å². The predicted molar refractivity (Wildman–Crippen MR) is 113 cm³/mol. The van der Waals surface area contributed by atoms with Crippen molar-refractivity contribution < 1.29 is 0 Å². The van der Waals surface area contributed by atoms with Crippen LogP contribution in [0.2, 0.25) is 0 Å². The Labute approximate surface area is 154 Å². The summed E-state index contributed by atoms with van der Waals surface area (Å²) in [6, 6.07) is 0. The normalized spacial score (nSPS) is 11.6. The third-order valence-electron chi connectivity index (χ3n) is 5.01. The second-order valence-electron chi connectivity index (χ2n) is 7.56. The molecule has 0 aliphatic heterocycles. The molecule has 0 saturated heterocycles. The van der Waals surface area contributed by atoms with Gasteiger partial charge in [-0.3, -0.25) is 0 Å². The maximum atomic E-state index is 3.90. The van der Waals surface area contributed by atoms with E-state index in [2.05, 4.69) is 26.0 Å². The monoisotopic (exact) mass is 335 g/mol. The molecule has 0 fully saturated rings. The molecule has 0 bridgehead atoms. The fourth-order valence-corrected chi connectivity index (χ4v) is 3.31. The van der Waals surface area contributed by atoms with Crippen molar-refractivity contribution in [1.82, 2.24) is 0 Å². The largest absolute Gasteiger partial charge is 0.0885 e. The van der Waals surface area contributed by atoms with E-state index >= 15 is 0 Å².